The van der Waals surface area contributed by atoms with Crippen LogP contribution in [0, 0.1) is 0 Å². The lowest BCUT2D eigenvalue weighted by Gasteiger charge is -2.22. The van der Waals surface area contributed by atoms with E-state index in [1.54, 1.807) is 24.4 Å². The van der Waals surface area contributed by atoms with Crippen molar-refractivity contribution in [2.45, 2.75) is 12.3 Å². The maximum Gasteiger partial charge on any atom is 0.416 e. The summed E-state index contributed by atoms with van der Waals surface area (Å²) in [5, 5.41) is 12.3. The highest BCUT2D eigenvalue weighted by Gasteiger charge is 2.39. The standard InChI is InChI=1S/C13H14F3N3O2/c1-19(7-11(20)13(14,15)16)12(21)18-9-2-3-10-8(6-9)4-5-17-10/h2-6,11,17,20H,7H2,1H3,(H,18,21). The quantitative estimate of drug-likeness (QED) is 0.815. The molecule has 2 rings (SSSR count). The van der Waals surface area contributed by atoms with Crippen LogP contribution in [0.3, 0.4) is 0 Å². The third-order valence-electron chi connectivity index (χ3n) is 2.98. The molecule has 0 aliphatic carbocycles. The van der Waals surface area contributed by atoms with Crippen molar-refractivity contribution in [3.05, 3.63) is 30.5 Å². The molecule has 8 heteroatoms. The first kappa shape index (κ1) is 15.2. The van der Waals surface area contributed by atoms with E-state index in [0.717, 1.165) is 15.8 Å². The number of aromatic amines is 1. The number of rotatable bonds is 3. The zero-order valence-electron chi connectivity index (χ0n) is 11.1. The average molecular weight is 301 g/mol. The van der Waals surface area contributed by atoms with Crippen LogP contribution in [0.4, 0.5) is 23.7 Å². The van der Waals surface area contributed by atoms with Gasteiger partial charge in [0.2, 0.25) is 0 Å². The molecule has 1 aromatic carbocycles. The third kappa shape index (κ3) is 3.66. The van der Waals surface area contributed by atoms with Gasteiger partial charge in [-0.1, -0.05) is 0 Å². The molecule has 1 unspecified atom stereocenters. The molecule has 5 nitrogen and oxygen atoms in total. The summed E-state index contributed by atoms with van der Waals surface area (Å²) in [4.78, 5) is 15.5. The van der Waals surface area contributed by atoms with Crippen molar-refractivity contribution in [3.8, 4) is 0 Å². The predicted octanol–water partition coefficient (Wildman–Crippen LogP) is 2.55. The predicted molar refractivity (Wildman–Crippen MR) is 72.0 cm³/mol. The molecule has 0 spiro atoms. The number of alkyl halides is 3. The van der Waals surface area contributed by atoms with Crippen LogP contribution in [-0.4, -0.2) is 46.9 Å². The van der Waals surface area contributed by atoms with E-state index in [9.17, 15) is 18.0 Å². The number of urea groups is 1. The first-order chi connectivity index (χ1) is 9.77. The van der Waals surface area contributed by atoms with Crippen LogP contribution in [0.2, 0.25) is 0 Å². The number of carbonyl (C=O) groups excluding carboxylic acids is 1. The van der Waals surface area contributed by atoms with Gasteiger partial charge in [-0.05, 0) is 24.3 Å². The molecular formula is C13H14F3N3O2. The molecule has 3 N–H and O–H groups in total. The number of fused-ring (bicyclic) bond motifs is 1. The summed E-state index contributed by atoms with van der Waals surface area (Å²) in [6.45, 7) is -0.832. The lowest BCUT2D eigenvalue weighted by molar-refractivity contribution is -0.205. The molecule has 2 amide bonds. The summed E-state index contributed by atoms with van der Waals surface area (Å²) in [7, 11) is 1.18. The summed E-state index contributed by atoms with van der Waals surface area (Å²) in [5.74, 6) is 0. The summed E-state index contributed by atoms with van der Waals surface area (Å²) in [6, 6.07) is 6.15. The van der Waals surface area contributed by atoms with Crippen molar-refractivity contribution in [1.82, 2.24) is 9.88 Å². The number of anilines is 1. The van der Waals surface area contributed by atoms with Crippen molar-refractivity contribution in [2.24, 2.45) is 0 Å². The number of aliphatic hydroxyl groups excluding tert-OH is 1. The van der Waals surface area contributed by atoms with Gasteiger partial charge in [0.15, 0.2) is 6.10 Å². The van der Waals surface area contributed by atoms with Crippen LogP contribution in [0.1, 0.15) is 0 Å². The molecular weight excluding hydrogens is 287 g/mol. The first-order valence-corrected chi connectivity index (χ1v) is 6.11. The number of hydrogen-bond donors (Lipinski definition) is 3. The van der Waals surface area contributed by atoms with Gasteiger partial charge < -0.3 is 20.3 Å². The summed E-state index contributed by atoms with van der Waals surface area (Å²) >= 11 is 0. The van der Waals surface area contributed by atoms with E-state index < -0.39 is 24.9 Å². The minimum absolute atomic E-state index is 0.459. The molecule has 0 bridgehead atoms. The Bertz CT molecular complexity index is 639. The van der Waals surface area contributed by atoms with E-state index >= 15 is 0 Å². The highest BCUT2D eigenvalue weighted by atomic mass is 19.4. The maximum atomic E-state index is 12.2. The average Bonchev–Trinajstić information content (AvgIpc) is 2.84. The van der Waals surface area contributed by atoms with Crippen LogP contribution in [0.15, 0.2) is 30.5 Å². The second kappa shape index (κ2) is 5.65. The van der Waals surface area contributed by atoms with Crippen LogP contribution < -0.4 is 5.32 Å². The Morgan fingerprint density at radius 3 is 2.81 bits per heavy atom. The van der Waals surface area contributed by atoms with Gasteiger partial charge in [0, 0.05) is 29.8 Å². The zero-order chi connectivity index (χ0) is 15.6. The van der Waals surface area contributed by atoms with Crippen molar-refractivity contribution in [3.63, 3.8) is 0 Å². The Hall–Kier alpha value is -2.22. The highest BCUT2D eigenvalue weighted by Crippen LogP contribution is 2.21. The minimum atomic E-state index is -4.75. The number of carbonyl (C=O) groups is 1. The Labute approximate surface area is 118 Å². The summed E-state index contributed by atoms with van der Waals surface area (Å²) in [6.07, 6.45) is -5.58. The third-order valence-corrected chi connectivity index (χ3v) is 2.98. The number of H-pyrrole nitrogens is 1. The number of nitrogens with zero attached hydrogens (tertiary/aromatic N) is 1. The zero-order valence-corrected chi connectivity index (χ0v) is 11.1. The van der Waals surface area contributed by atoms with Crippen molar-refractivity contribution >= 4 is 22.6 Å². The SMILES string of the molecule is CN(CC(O)C(F)(F)F)C(=O)Nc1ccc2[nH]ccc2c1. The van der Waals surface area contributed by atoms with Gasteiger partial charge >= 0.3 is 12.2 Å². The van der Waals surface area contributed by atoms with Gasteiger partial charge in [-0.15, -0.1) is 0 Å². The maximum absolute atomic E-state index is 12.2. The van der Waals surface area contributed by atoms with Crippen LogP contribution >= 0.6 is 0 Å². The first-order valence-electron chi connectivity index (χ1n) is 6.11. The topological polar surface area (TPSA) is 68.4 Å². The Morgan fingerprint density at radius 1 is 1.43 bits per heavy atom. The fraction of sp³-hybridized carbons (Fsp3) is 0.308. The van der Waals surface area contributed by atoms with Gasteiger partial charge in [-0.3, -0.25) is 0 Å². The molecule has 0 saturated carbocycles. The van der Waals surface area contributed by atoms with Gasteiger partial charge in [0.05, 0.1) is 6.54 Å². The van der Waals surface area contributed by atoms with E-state index in [-0.39, 0.29) is 0 Å². The van der Waals surface area contributed by atoms with Gasteiger partial charge in [0.1, 0.15) is 0 Å². The molecule has 2 aromatic rings. The Morgan fingerprint density at radius 2 is 2.14 bits per heavy atom. The van der Waals surface area contributed by atoms with E-state index in [2.05, 4.69) is 10.3 Å². The molecule has 114 valence electrons. The second-order valence-corrected chi connectivity index (χ2v) is 4.65. The molecule has 0 aliphatic heterocycles. The molecule has 0 fully saturated rings. The normalized spacial score (nSPS) is 13.2. The van der Waals surface area contributed by atoms with E-state index in [4.69, 9.17) is 5.11 Å². The van der Waals surface area contributed by atoms with E-state index in [1.807, 2.05) is 6.07 Å². The smallest absolute Gasteiger partial charge is 0.382 e. The summed E-state index contributed by atoms with van der Waals surface area (Å²) < 4.78 is 36.7. The minimum Gasteiger partial charge on any atom is -0.382 e. The molecule has 1 atom stereocenters. The van der Waals surface area contributed by atoms with E-state index in [1.165, 1.54) is 7.05 Å². The van der Waals surface area contributed by atoms with Crippen LogP contribution in [0.25, 0.3) is 10.9 Å². The Balaban J connectivity index is 2.00. The Kier molecular flexibility index (Phi) is 4.08. The fourth-order valence-electron chi connectivity index (χ4n) is 1.80. The van der Waals surface area contributed by atoms with Crippen molar-refractivity contribution in [1.29, 1.82) is 0 Å². The monoisotopic (exact) mass is 301 g/mol. The number of aliphatic hydroxyl groups is 1. The summed E-state index contributed by atoms with van der Waals surface area (Å²) in [5.41, 5.74) is 1.34. The molecule has 21 heavy (non-hydrogen) atoms. The van der Waals surface area contributed by atoms with Crippen LogP contribution in [-0.2, 0) is 0 Å². The number of hydrogen-bond acceptors (Lipinski definition) is 2. The highest BCUT2D eigenvalue weighted by molar-refractivity contribution is 5.92. The van der Waals surface area contributed by atoms with Gasteiger partial charge in [-0.25, -0.2) is 4.79 Å². The van der Waals surface area contributed by atoms with Crippen LogP contribution in [0.5, 0.6) is 0 Å². The number of nitrogens with one attached hydrogen (secondary N) is 2. The fourth-order valence-corrected chi connectivity index (χ4v) is 1.80. The largest absolute Gasteiger partial charge is 0.416 e. The lowest BCUT2D eigenvalue weighted by atomic mass is 10.2. The number of benzene rings is 1. The lowest BCUT2D eigenvalue weighted by Crippen LogP contribution is -2.43. The van der Waals surface area contributed by atoms with E-state index in [0.29, 0.717) is 5.69 Å². The molecule has 1 heterocycles. The van der Waals surface area contributed by atoms with Crippen molar-refractivity contribution < 1.29 is 23.1 Å². The molecule has 0 aliphatic rings. The number of likely N-dealkylation sites (N-methyl/N-ethyl adjacent to an activating group) is 1. The second-order valence-electron chi connectivity index (χ2n) is 4.65. The van der Waals surface area contributed by atoms with Gasteiger partial charge in [0.25, 0.3) is 0 Å². The van der Waals surface area contributed by atoms with Gasteiger partial charge in [-0.2, -0.15) is 13.2 Å². The van der Waals surface area contributed by atoms with Crippen molar-refractivity contribution in [2.75, 3.05) is 18.9 Å². The molecule has 0 saturated heterocycles. The number of halogens is 3. The number of amides is 2. The number of aromatic nitrogens is 1. The molecule has 1 aromatic heterocycles. The molecule has 0 radical (unpaired) electrons.